The van der Waals surface area contributed by atoms with Gasteiger partial charge in [-0.15, -0.1) is 0 Å². The lowest BCUT2D eigenvalue weighted by molar-refractivity contribution is 0.174. The van der Waals surface area contributed by atoms with Crippen LogP contribution in [0.15, 0.2) is 42.7 Å². The molecular weight excluding hydrogens is 262 g/mol. The van der Waals surface area contributed by atoms with Gasteiger partial charge in [-0.2, -0.15) is 0 Å². The summed E-state index contributed by atoms with van der Waals surface area (Å²) in [4.78, 5) is 4.53. The quantitative estimate of drug-likeness (QED) is 0.886. The molecule has 2 heterocycles. The number of aromatic nitrogens is 2. The average Bonchev–Trinajstić information content (AvgIpc) is 3.19. The van der Waals surface area contributed by atoms with Gasteiger partial charge in [-0.05, 0) is 13.0 Å². The van der Waals surface area contributed by atoms with Gasteiger partial charge in [-0.3, -0.25) is 0 Å². The molecule has 0 amide bonds. The maximum atomic E-state index is 5.55. The zero-order valence-corrected chi connectivity index (χ0v) is 12.5. The molecule has 1 aliphatic rings. The van der Waals surface area contributed by atoms with Gasteiger partial charge in [-0.1, -0.05) is 37.3 Å². The first-order chi connectivity index (χ1) is 10.4. The number of nitrogens with zero attached hydrogens (tertiary/aromatic N) is 2. The molecule has 2 aromatic rings. The number of ether oxygens (including phenoxy) is 1. The molecule has 0 aliphatic carbocycles. The van der Waals surface area contributed by atoms with Crippen molar-refractivity contribution in [2.24, 2.45) is 5.92 Å². The van der Waals surface area contributed by atoms with Crippen molar-refractivity contribution >= 4 is 0 Å². The van der Waals surface area contributed by atoms with E-state index in [1.54, 1.807) is 0 Å². The summed E-state index contributed by atoms with van der Waals surface area (Å²) in [5, 5.41) is 3.61. The zero-order valence-electron chi connectivity index (χ0n) is 12.5. The molecule has 4 nitrogen and oxygen atoms in total. The highest BCUT2D eigenvalue weighted by Gasteiger charge is 2.26. The Labute approximate surface area is 126 Å². The highest BCUT2D eigenvalue weighted by atomic mass is 16.5. The van der Waals surface area contributed by atoms with Crippen LogP contribution in [0.1, 0.15) is 13.3 Å². The van der Waals surface area contributed by atoms with E-state index in [0.717, 1.165) is 38.5 Å². The van der Waals surface area contributed by atoms with Gasteiger partial charge >= 0.3 is 0 Å². The van der Waals surface area contributed by atoms with Crippen molar-refractivity contribution in [1.82, 2.24) is 14.9 Å². The van der Waals surface area contributed by atoms with E-state index in [1.807, 2.05) is 12.3 Å². The second kappa shape index (κ2) is 6.87. The minimum absolute atomic E-state index is 0.439. The number of benzene rings is 1. The maximum absolute atomic E-state index is 5.55. The van der Waals surface area contributed by atoms with E-state index in [0.29, 0.717) is 12.0 Å². The Morgan fingerprint density at radius 1 is 1.38 bits per heavy atom. The van der Waals surface area contributed by atoms with E-state index in [-0.39, 0.29) is 0 Å². The van der Waals surface area contributed by atoms with Crippen molar-refractivity contribution in [2.75, 3.05) is 19.8 Å². The van der Waals surface area contributed by atoms with Crippen molar-refractivity contribution < 1.29 is 4.74 Å². The van der Waals surface area contributed by atoms with Crippen LogP contribution in [0.3, 0.4) is 0 Å². The molecule has 1 aliphatic heterocycles. The molecule has 0 saturated carbocycles. The maximum Gasteiger partial charge on any atom is 0.139 e. The summed E-state index contributed by atoms with van der Waals surface area (Å²) in [6, 6.07) is 10.8. The Kier molecular flexibility index (Phi) is 4.68. The number of hydrogen-bond acceptors (Lipinski definition) is 3. The van der Waals surface area contributed by atoms with E-state index in [4.69, 9.17) is 4.74 Å². The van der Waals surface area contributed by atoms with Gasteiger partial charge in [0.25, 0.3) is 0 Å². The Bertz CT molecular complexity index is 546. The summed E-state index contributed by atoms with van der Waals surface area (Å²) < 4.78 is 7.80. The van der Waals surface area contributed by atoms with Crippen LogP contribution in [0.25, 0.3) is 11.4 Å². The van der Waals surface area contributed by atoms with Crippen molar-refractivity contribution in [3.05, 3.63) is 42.7 Å². The summed E-state index contributed by atoms with van der Waals surface area (Å²) in [5.74, 6) is 1.63. The first-order valence-corrected chi connectivity index (χ1v) is 7.76. The molecule has 1 aromatic heterocycles. The van der Waals surface area contributed by atoms with Gasteiger partial charge in [0.1, 0.15) is 5.82 Å². The third-order valence-corrected chi connectivity index (χ3v) is 4.14. The zero-order chi connectivity index (χ0) is 14.5. The molecule has 112 valence electrons. The molecule has 21 heavy (non-hydrogen) atoms. The smallest absolute Gasteiger partial charge is 0.139 e. The number of imidazole rings is 1. The molecule has 3 rings (SSSR count). The minimum atomic E-state index is 0.439. The van der Waals surface area contributed by atoms with Crippen molar-refractivity contribution in [2.45, 2.75) is 25.9 Å². The van der Waals surface area contributed by atoms with Gasteiger partial charge in [0.15, 0.2) is 0 Å². The SMILES string of the molecule is CCNC(Cn1ccnc1-c1ccccc1)C1CCOC1. The fourth-order valence-corrected chi connectivity index (χ4v) is 3.03. The van der Waals surface area contributed by atoms with E-state index in [9.17, 15) is 0 Å². The molecule has 4 heteroatoms. The topological polar surface area (TPSA) is 39.1 Å². The highest BCUT2D eigenvalue weighted by Crippen LogP contribution is 2.21. The Morgan fingerprint density at radius 3 is 2.95 bits per heavy atom. The summed E-state index contributed by atoms with van der Waals surface area (Å²) in [6.07, 6.45) is 5.10. The highest BCUT2D eigenvalue weighted by molar-refractivity contribution is 5.55. The molecule has 1 N–H and O–H groups in total. The van der Waals surface area contributed by atoms with Gasteiger partial charge in [0, 0.05) is 43.1 Å². The van der Waals surface area contributed by atoms with Crippen LogP contribution < -0.4 is 5.32 Å². The number of likely N-dealkylation sites (N-methyl/N-ethyl adjacent to an activating group) is 1. The van der Waals surface area contributed by atoms with Crippen molar-refractivity contribution in [3.63, 3.8) is 0 Å². The van der Waals surface area contributed by atoms with Gasteiger partial charge in [0.05, 0.1) is 6.61 Å². The van der Waals surface area contributed by atoms with Crippen LogP contribution >= 0.6 is 0 Å². The minimum Gasteiger partial charge on any atom is -0.381 e. The predicted octanol–water partition coefficient (Wildman–Crippen LogP) is 2.56. The second-order valence-corrected chi connectivity index (χ2v) is 5.56. The number of nitrogens with one attached hydrogen (secondary N) is 1. The van der Waals surface area contributed by atoms with E-state index in [1.165, 1.54) is 5.56 Å². The molecular formula is C17H23N3O. The molecule has 0 spiro atoms. The predicted molar refractivity (Wildman–Crippen MR) is 84.1 cm³/mol. The number of rotatable bonds is 6. The summed E-state index contributed by atoms with van der Waals surface area (Å²) >= 11 is 0. The third-order valence-electron chi connectivity index (χ3n) is 4.14. The van der Waals surface area contributed by atoms with Crippen LogP contribution in [0, 0.1) is 5.92 Å². The summed E-state index contributed by atoms with van der Waals surface area (Å²) in [6.45, 7) is 5.84. The van der Waals surface area contributed by atoms with Crippen LogP contribution in [-0.2, 0) is 11.3 Å². The van der Waals surface area contributed by atoms with Crippen LogP contribution in [0.4, 0.5) is 0 Å². The summed E-state index contributed by atoms with van der Waals surface area (Å²) in [5.41, 5.74) is 1.17. The first kappa shape index (κ1) is 14.3. The Balaban J connectivity index is 1.78. The molecule has 1 saturated heterocycles. The van der Waals surface area contributed by atoms with Gasteiger partial charge < -0.3 is 14.6 Å². The van der Waals surface area contributed by atoms with Crippen LogP contribution in [0.2, 0.25) is 0 Å². The average molecular weight is 285 g/mol. The molecule has 0 radical (unpaired) electrons. The van der Waals surface area contributed by atoms with Crippen molar-refractivity contribution in [3.8, 4) is 11.4 Å². The normalized spacial score (nSPS) is 19.8. The lowest BCUT2D eigenvalue weighted by atomic mass is 9.98. The monoisotopic (exact) mass is 285 g/mol. The molecule has 0 bridgehead atoms. The number of hydrogen-bond donors (Lipinski definition) is 1. The first-order valence-electron chi connectivity index (χ1n) is 7.76. The Morgan fingerprint density at radius 2 is 2.24 bits per heavy atom. The van der Waals surface area contributed by atoms with Crippen molar-refractivity contribution in [1.29, 1.82) is 0 Å². The molecule has 2 atom stereocenters. The van der Waals surface area contributed by atoms with E-state index in [2.05, 4.69) is 52.3 Å². The van der Waals surface area contributed by atoms with Gasteiger partial charge in [0.2, 0.25) is 0 Å². The van der Waals surface area contributed by atoms with Crippen LogP contribution in [-0.4, -0.2) is 35.4 Å². The molecule has 2 unspecified atom stereocenters. The third kappa shape index (κ3) is 3.34. The lowest BCUT2D eigenvalue weighted by Gasteiger charge is -2.24. The van der Waals surface area contributed by atoms with Crippen LogP contribution in [0.5, 0.6) is 0 Å². The molecule has 1 fully saturated rings. The summed E-state index contributed by atoms with van der Waals surface area (Å²) in [7, 11) is 0. The van der Waals surface area contributed by atoms with E-state index >= 15 is 0 Å². The lowest BCUT2D eigenvalue weighted by Crippen LogP contribution is -2.40. The second-order valence-electron chi connectivity index (χ2n) is 5.56. The molecule has 1 aromatic carbocycles. The van der Waals surface area contributed by atoms with E-state index < -0.39 is 0 Å². The standard InChI is InChI=1S/C17H23N3O/c1-2-18-16(15-8-11-21-13-15)12-20-10-9-19-17(20)14-6-4-3-5-7-14/h3-7,9-10,15-16,18H,2,8,11-13H2,1H3. The largest absolute Gasteiger partial charge is 0.381 e. The fraction of sp³-hybridized carbons (Fsp3) is 0.471. The Hall–Kier alpha value is -1.65. The van der Waals surface area contributed by atoms with Gasteiger partial charge in [-0.25, -0.2) is 4.98 Å². The fourth-order valence-electron chi connectivity index (χ4n) is 3.03.